The van der Waals surface area contributed by atoms with Crippen LogP contribution in [0.15, 0.2) is 24.3 Å². The van der Waals surface area contributed by atoms with E-state index in [1.807, 2.05) is 45.0 Å². The Morgan fingerprint density at radius 3 is 2.10 bits per heavy atom. The van der Waals surface area contributed by atoms with Gasteiger partial charge in [-0.05, 0) is 18.9 Å². The number of rotatable bonds is 6. The minimum Gasteiger partial charge on any atom is -0.385 e. The maximum absolute atomic E-state index is 12.2. The van der Waals surface area contributed by atoms with E-state index < -0.39 is 11.0 Å². The number of benzene rings is 1. The van der Waals surface area contributed by atoms with Crippen LogP contribution in [0.3, 0.4) is 0 Å². The van der Waals surface area contributed by atoms with E-state index >= 15 is 0 Å². The van der Waals surface area contributed by atoms with Gasteiger partial charge in [0.1, 0.15) is 0 Å². The minimum absolute atomic E-state index is 0.0368. The van der Waals surface area contributed by atoms with Crippen molar-refractivity contribution in [3.63, 3.8) is 0 Å². The lowest BCUT2D eigenvalue weighted by Crippen LogP contribution is -2.31. The molecule has 0 atom stereocenters. The van der Waals surface area contributed by atoms with Crippen LogP contribution in [0.25, 0.3) is 0 Å². The van der Waals surface area contributed by atoms with Crippen LogP contribution >= 0.6 is 0 Å². The zero-order valence-electron chi connectivity index (χ0n) is 14.0. The van der Waals surface area contributed by atoms with Gasteiger partial charge in [0.15, 0.2) is 0 Å². The summed E-state index contributed by atoms with van der Waals surface area (Å²) < 4.78 is 0. The van der Waals surface area contributed by atoms with Crippen molar-refractivity contribution in [1.29, 1.82) is 0 Å². The molecule has 0 fully saturated rings. The molecule has 3 heteroatoms. The summed E-state index contributed by atoms with van der Waals surface area (Å²) in [7, 11) is 0. The van der Waals surface area contributed by atoms with E-state index in [0.29, 0.717) is 12.8 Å². The van der Waals surface area contributed by atoms with Crippen LogP contribution in [0, 0.1) is 5.41 Å². The molecule has 0 aliphatic heterocycles. The average Bonchev–Trinajstić information content (AvgIpc) is 2.38. The van der Waals surface area contributed by atoms with Gasteiger partial charge in [0.25, 0.3) is 0 Å². The summed E-state index contributed by atoms with van der Waals surface area (Å²) in [5, 5.41) is 14.0. The first-order chi connectivity index (χ1) is 9.74. The van der Waals surface area contributed by atoms with Crippen molar-refractivity contribution in [3.05, 3.63) is 29.8 Å². The Bertz CT molecular complexity index is 468. The average molecular weight is 291 g/mol. The topological polar surface area (TPSA) is 49.3 Å². The predicted molar refractivity (Wildman–Crippen MR) is 88.2 cm³/mol. The number of carbonyl (C=O) groups is 1. The Morgan fingerprint density at radius 1 is 1.10 bits per heavy atom. The van der Waals surface area contributed by atoms with Crippen LogP contribution < -0.4 is 5.32 Å². The lowest BCUT2D eigenvalue weighted by molar-refractivity contribution is -0.123. The highest BCUT2D eigenvalue weighted by Gasteiger charge is 2.31. The molecule has 2 N–H and O–H groups in total. The van der Waals surface area contributed by atoms with E-state index in [9.17, 15) is 9.90 Å². The van der Waals surface area contributed by atoms with Gasteiger partial charge < -0.3 is 10.4 Å². The first kappa shape index (κ1) is 17.7. The van der Waals surface area contributed by atoms with Crippen molar-refractivity contribution in [3.8, 4) is 0 Å². The molecule has 3 nitrogen and oxygen atoms in total. The highest BCUT2D eigenvalue weighted by molar-refractivity contribution is 5.95. The third kappa shape index (κ3) is 4.57. The summed E-state index contributed by atoms with van der Waals surface area (Å²) in [5.41, 5.74) is 0.222. The maximum Gasteiger partial charge on any atom is 0.229 e. The quantitative estimate of drug-likeness (QED) is 0.813. The fraction of sp³-hybridized carbons (Fsp3) is 0.611. The number of anilines is 1. The molecule has 0 heterocycles. The molecule has 0 aromatic heterocycles. The zero-order chi connectivity index (χ0) is 16.1. The van der Waals surface area contributed by atoms with Crippen LogP contribution in [-0.2, 0) is 10.4 Å². The van der Waals surface area contributed by atoms with Crippen molar-refractivity contribution in [2.45, 2.75) is 65.9 Å². The van der Waals surface area contributed by atoms with Gasteiger partial charge in [0.2, 0.25) is 5.91 Å². The molecular weight excluding hydrogens is 262 g/mol. The Kier molecular flexibility index (Phi) is 5.97. The van der Waals surface area contributed by atoms with Crippen molar-refractivity contribution < 1.29 is 9.90 Å². The lowest BCUT2D eigenvalue weighted by atomic mass is 9.84. The molecule has 0 saturated heterocycles. The molecule has 0 radical (unpaired) electrons. The third-order valence-electron chi connectivity index (χ3n) is 3.68. The van der Waals surface area contributed by atoms with E-state index in [1.165, 1.54) is 0 Å². The van der Waals surface area contributed by atoms with Crippen LogP contribution in [-0.4, -0.2) is 11.0 Å². The van der Waals surface area contributed by atoms with Gasteiger partial charge in [0.05, 0.1) is 5.60 Å². The molecule has 0 bridgehead atoms. The Balaban J connectivity index is 3.16. The number of hydrogen-bond acceptors (Lipinski definition) is 2. The highest BCUT2D eigenvalue weighted by Crippen LogP contribution is 2.36. The van der Waals surface area contributed by atoms with Crippen LogP contribution in [0.2, 0.25) is 0 Å². The summed E-state index contributed by atoms with van der Waals surface area (Å²) in [6, 6.07) is 7.59. The van der Waals surface area contributed by atoms with E-state index in [1.54, 1.807) is 0 Å². The van der Waals surface area contributed by atoms with E-state index in [2.05, 4.69) is 19.2 Å². The van der Waals surface area contributed by atoms with Crippen molar-refractivity contribution in [2.24, 2.45) is 5.41 Å². The Hall–Kier alpha value is -1.35. The minimum atomic E-state index is -0.870. The summed E-state index contributed by atoms with van der Waals surface area (Å²) >= 11 is 0. The molecule has 1 aromatic carbocycles. The molecule has 0 spiro atoms. The number of aliphatic hydroxyl groups is 1. The second-order valence-electron chi connectivity index (χ2n) is 6.78. The molecule has 1 aromatic rings. The Morgan fingerprint density at radius 2 is 1.62 bits per heavy atom. The van der Waals surface area contributed by atoms with Gasteiger partial charge in [-0.25, -0.2) is 0 Å². The Labute approximate surface area is 128 Å². The zero-order valence-corrected chi connectivity index (χ0v) is 14.0. The van der Waals surface area contributed by atoms with Crippen LogP contribution in [0.1, 0.15) is 65.9 Å². The molecule has 1 amide bonds. The molecular formula is C18H29NO2. The number of para-hydroxylation sites is 1. The van der Waals surface area contributed by atoms with E-state index in [0.717, 1.165) is 24.1 Å². The molecule has 0 aliphatic carbocycles. The molecule has 21 heavy (non-hydrogen) atoms. The summed E-state index contributed by atoms with van der Waals surface area (Å²) in [6.07, 6.45) is 3.20. The van der Waals surface area contributed by atoms with Gasteiger partial charge >= 0.3 is 0 Å². The monoisotopic (exact) mass is 291 g/mol. The smallest absolute Gasteiger partial charge is 0.229 e. The fourth-order valence-electron chi connectivity index (χ4n) is 2.53. The molecule has 0 saturated carbocycles. The van der Waals surface area contributed by atoms with E-state index in [4.69, 9.17) is 0 Å². The van der Waals surface area contributed by atoms with Gasteiger partial charge in [0, 0.05) is 16.7 Å². The largest absolute Gasteiger partial charge is 0.385 e. The summed E-state index contributed by atoms with van der Waals surface area (Å²) in [4.78, 5) is 12.2. The number of hydrogen-bond donors (Lipinski definition) is 2. The van der Waals surface area contributed by atoms with Crippen LogP contribution in [0.4, 0.5) is 5.69 Å². The third-order valence-corrected chi connectivity index (χ3v) is 3.68. The molecule has 1 rings (SSSR count). The standard InChI is InChI=1S/C18H29NO2/c1-6-12-18(21,13-7-2)14-10-8-9-11-15(14)19-16(20)17(3,4)5/h8-11,21H,6-7,12-13H2,1-5H3,(H,19,20). The normalized spacial score (nSPS) is 12.3. The fourth-order valence-corrected chi connectivity index (χ4v) is 2.53. The molecule has 0 unspecified atom stereocenters. The number of amides is 1. The second kappa shape index (κ2) is 7.08. The summed E-state index contributed by atoms with van der Waals surface area (Å²) in [5.74, 6) is -0.0368. The molecule has 0 aliphatic rings. The van der Waals surface area contributed by atoms with Gasteiger partial charge in [-0.2, -0.15) is 0 Å². The number of nitrogens with one attached hydrogen (secondary N) is 1. The number of carbonyl (C=O) groups excluding carboxylic acids is 1. The van der Waals surface area contributed by atoms with Crippen molar-refractivity contribution >= 4 is 11.6 Å². The highest BCUT2D eigenvalue weighted by atomic mass is 16.3. The van der Waals surface area contributed by atoms with Gasteiger partial charge in [-0.1, -0.05) is 65.7 Å². The van der Waals surface area contributed by atoms with Crippen molar-refractivity contribution in [2.75, 3.05) is 5.32 Å². The van der Waals surface area contributed by atoms with Gasteiger partial charge in [-0.3, -0.25) is 4.79 Å². The first-order valence-corrected chi connectivity index (χ1v) is 7.88. The van der Waals surface area contributed by atoms with Crippen LogP contribution in [0.5, 0.6) is 0 Å². The van der Waals surface area contributed by atoms with E-state index in [-0.39, 0.29) is 5.91 Å². The molecule has 118 valence electrons. The van der Waals surface area contributed by atoms with Crippen molar-refractivity contribution in [1.82, 2.24) is 0 Å². The SMILES string of the molecule is CCCC(O)(CCC)c1ccccc1NC(=O)C(C)(C)C. The predicted octanol–water partition coefficient (Wildman–Crippen LogP) is 4.46. The maximum atomic E-state index is 12.2. The second-order valence-corrected chi connectivity index (χ2v) is 6.78. The van der Waals surface area contributed by atoms with Gasteiger partial charge in [-0.15, -0.1) is 0 Å². The summed E-state index contributed by atoms with van der Waals surface area (Å²) in [6.45, 7) is 9.79. The first-order valence-electron chi connectivity index (χ1n) is 7.88. The lowest BCUT2D eigenvalue weighted by Gasteiger charge is -2.31.